The maximum atomic E-state index is 12.6. The van der Waals surface area contributed by atoms with Crippen molar-refractivity contribution in [2.45, 2.75) is 13.0 Å². The molecule has 0 saturated carbocycles. The Hall–Kier alpha value is -4.28. The van der Waals surface area contributed by atoms with E-state index in [0.717, 1.165) is 5.56 Å². The molecule has 0 aliphatic carbocycles. The van der Waals surface area contributed by atoms with E-state index in [2.05, 4.69) is 10.6 Å². The summed E-state index contributed by atoms with van der Waals surface area (Å²) < 4.78 is 11.0. The predicted molar refractivity (Wildman–Crippen MR) is 135 cm³/mol. The number of ether oxygens (including phenoxy) is 2. The molecule has 1 atom stereocenters. The molecule has 2 amide bonds. The Kier molecular flexibility index (Phi) is 8.88. The van der Waals surface area contributed by atoms with Gasteiger partial charge in [0.2, 0.25) is 0 Å². The van der Waals surface area contributed by atoms with Crippen molar-refractivity contribution >= 4 is 35.2 Å². The van der Waals surface area contributed by atoms with Crippen LogP contribution in [0.2, 0.25) is 5.02 Å². The Morgan fingerprint density at radius 2 is 1.77 bits per heavy atom. The zero-order chi connectivity index (χ0) is 25.2. The minimum atomic E-state index is -0.487. The van der Waals surface area contributed by atoms with Crippen LogP contribution in [0, 0.1) is 11.3 Å². The quantitative estimate of drug-likeness (QED) is 0.320. The first-order valence-electron chi connectivity index (χ1n) is 10.7. The molecular formula is C27H24ClN3O4. The summed E-state index contributed by atoms with van der Waals surface area (Å²) in [5.74, 6) is -0.196. The van der Waals surface area contributed by atoms with Crippen molar-refractivity contribution < 1.29 is 19.1 Å². The molecule has 0 unspecified atom stereocenters. The lowest BCUT2D eigenvalue weighted by molar-refractivity contribution is -0.118. The smallest absolute Gasteiger partial charge is 0.262 e. The van der Waals surface area contributed by atoms with E-state index in [4.69, 9.17) is 21.1 Å². The van der Waals surface area contributed by atoms with Gasteiger partial charge in [0.05, 0.1) is 23.9 Å². The third-order valence-corrected chi connectivity index (χ3v) is 5.35. The van der Waals surface area contributed by atoms with Gasteiger partial charge in [0.15, 0.2) is 18.1 Å². The van der Waals surface area contributed by atoms with Crippen LogP contribution < -0.4 is 20.1 Å². The van der Waals surface area contributed by atoms with Crippen molar-refractivity contribution in [1.29, 1.82) is 5.26 Å². The second kappa shape index (κ2) is 12.3. The van der Waals surface area contributed by atoms with Gasteiger partial charge >= 0.3 is 0 Å². The van der Waals surface area contributed by atoms with E-state index < -0.39 is 5.91 Å². The van der Waals surface area contributed by atoms with Gasteiger partial charge in [-0.15, -0.1) is 0 Å². The Morgan fingerprint density at radius 3 is 2.46 bits per heavy atom. The summed E-state index contributed by atoms with van der Waals surface area (Å²) in [5.41, 5.74) is 1.93. The third kappa shape index (κ3) is 7.10. The minimum absolute atomic E-state index is 0.0531. The number of para-hydroxylation sites is 1. The largest absolute Gasteiger partial charge is 0.493 e. The molecule has 0 bridgehead atoms. The molecule has 3 rings (SSSR count). The molecule has 35 heavy (non-hydrogen) atoms. The number of methoxy groups -OCH3 is 1. The van der Waals surface area contributed by atoms with Crippen LogP contribution in [0.3, 0.4) is 0 Å². The molecule has 7 nitrogen and oxygen atoms in total. The summed E-state index contributed by atoms with van der Waals surface area (Å²) in [6.45, 7) is 1.58. The monoisotopic (exact) mass is 489 g/mol. The lowest BCUT2D eigenvalue weighted by atomic mass is 10.1. The van der Waals surface area contributed by atoms with Crippen LogP contribution in [0.4, 0.5) is 5.69 Å². The molecule has 0 aromatic heterocycles. The van der Waals surface area contributed by atoms with Gasteiger partial charge in [0, 0.05) is 0 Å². The summed E-state index contributed by atoms with van der Waals surface area (Å²) in [7, 11) is 1.46. The maximum Gasteiger partial charge on any atom is 0.262 e. The number of rotatable bonds is 9. The third-order valence-electron chi connectivity index (χ3n) is 5.02. The average Bonchev–Trinajstić information content (AvgIpc) is 2.88. The molecule has 2 N–H and O–H groups in total. The molecule has 3 aromatic rings. The van der Waals surface area contributed by atoms with Crippen LogP contribution >= 0.6 is 11.6 Å². The van der Waals surface area contributed by atoms with Gasteiger partial charge in [-0.2, -0.15) is 5.26 Å². The second-order valence-corrected chi connectivity index (χ2v) is 7.91. The highest BCUT2D eigenvalue weighted by atomic mass is 35.5. The molecule has 0 spiro atoms. The topological polar surface area (TPSA) is 100 Å². The molecular weight excluding hydrogens is 466 g/mol. The van der Waals surface area contributed by atoms with Crippen molar-refractivity contribution in [1.82, 2.24) is 5.32 Å². The van der Waals surface area contributed by atoms with Crippen molar-refractivity contribution in [2.24, 2.45) is 0 Å². The standard InChI is InChI=1S/C27H24ClN3O4/c1-18(20-8-4-3-5-9-20)30-27(33)21(16-29)14-19-12-13-24(25(15-19)34-2)35-17-26(32)31-23-11-7-6-10-22(23)28/h3-15,18H,17H2,1-2H3,(H,30,33)(H,31,32)/b21-14+/t18-/m1/s1. The second-order valence-electron chi connectivity index (χ2n) is 7.50. The molecule has 0 saturated heterocycles. The zero-order valence-electron chi connectivity index (χ0n) is 19.2. The highest BCUT2D eigenvalue weighted by Crippen LogP contribution is 2.29. The predicted octanol–water partition coefficient (Wildman–Crippen LogP) is 5.15. The maximum absolute atomic E-state index is 12.6. The van der Waals surface area contributed by atoms with Crippen molar-refractivity contribution in [2.75, 3.05) is 19.0 Å². The van der Waals surface area contributed by atoms with Crippen LogP contribution in [-0.4, -0.2) is 25.5 Å². The Bertz CT molecular complexity index is 1270. The molecule has 0 heterocycles. The van der Waals surface area contributed by atoms with Crippen LogP contribution in [0.5, 0.6) is 11.5 Å². The molecule has 8 heteroatoms. The Morgan fingerprint density at radius 1 is 1.06 bits per heavy atom. The number of hydrogen-bond donors (Lipinski definition) is 2. The molecule has 3 aromatic carbocycles. The summed E-state index contributed by atoms with van der Waals surface area (Å²) in [5, 5.41) is 15.4. The van der Waals surface area contributed by atoms with Crippen LogP contribution in [0.25, 0.3) is 6.08 Å². The first-order valence-corrected chi connectivity index (χ1v) is 11.1. The number of benzene rings is 3. The Labute approximate surface area is 208 Å². The van der Waals surface area contributed by atoms with Gasteiger partial charge in [-0.25, -0.2) is 0 Å². The first-order chi connectivity index (χ1) is 16.9. The highest BCUT2D eigenvalue weighted by molar-refractivity contribution is 6.33. The number of hydrogen-bond acceptors (Lipinski definition) is 5. The van der Waals surface area contributed by atoms with Crippen LogP contribution in [-0.2, 0) is 9.59 Å². The molecule has 178 valence electrons. The van der Waals surface area contributed by atoms with E-state index in [-0.39, 0.29) is 24.1 Å². The van der Waals surface area contributed by atoms with E-state index in [0.29, 0.717) is 27.8 Å². The molecule has 0 aliphatic heterocycles. The van der Waals surface area contributed by atoms with E-state index in [1.807, 2.05) is 43.3 Å². The van der Waals surface area contributed by atoms with Crippen molar-refractivity contribution in [3.8, 4) is 17.6 Å². The summed E-state index contributed by atoms with van der Waals surface area (Å²) in [6, 6.07) is 22.9. The minimum Gasteiger partial charge on any atom is -0.493 e. The van der Waals surface area contributed by atoms with Gasteiger partial charge in [-0.1, -0.05) is 60.1 Å². The van der Waals surface area contributed by atoms with E-state index in [9.17, 15) is 14.9 Å². The molecule has 0 aliphatic rings. The molecule has 0 fully saturated rings. The van der Waals surface area contributed by atoms with E-state index >= 15 is 0 Å². The van der Waals surface area contributed by atoms with Gasteiger partial charge in [0.25, 0.3) is 11.8 Å². The SMILES string of the molecule is COc1cc(/C=C(\C#N)C(=O)N[C@H](C)c2ccccc2)ccc1OCC(=O)Nc1ccccc1Cl. The fraction of sp³-hybridized carbons (Fsp3) is 0.148. The summed E-state index contributed by atoms with van der Waals surface area (Å²) in [4.78, 5) is 24.9. The number of nitrogens with one attached hydrogen (secondary N) is 2. The van der Waals surface area contributed by atoms with E-state index in [1.54, 1.807) is 42.5 Å². The fourth-order valence-corrected chi connectivity index (χ4v) is 3.38. The number of halogens is 1. The molecule has 0 radical (unpaired) electrons. The van der Waals surface area contributed by atoms with Gasteiger partial charge < -0.3 is 20.1 Å². The van der Waals surface area contributed by atoms with Gasteiger partial charge in [-0.05, 0) is 48.4 Å². The lowest BCUT2D eigenvalue weighted by Gasteiger charge is -2.14. The van der Waals surface area contributed by atoms with E-state index in [1.165, 1.54) is 13.2 Å². The normalized spacial score (nSPS) is 11.7. The number of anilines is 1. The number of amides is 2. The average molecular weight is 490 g/mol. The van der Waals surface area contributed by atoms with Gasteiger partial charge in [0.1, 0.15) is 11.6 Å². The van der Waals surface area contributed by atoms with Crippen LogP contribution in [0.1, 0.15) is 24.1 Å². The first kappa shape index (κ1) is 25.3. The van der Waals surface area contributed by atoms with Crippen LogP contribution in [0.15, 0.2) is 78.4 Å². The lowest BCUT2D eigenvalue weighted by Crippen LogP contribution is -2.27. The highest BCUT2D eigenvalue weighted by Gasteiger charge is 2.15. The zero-order valence-corrected chi connectivity index (χ0v) is 20.0. The number of carbonyl (C=O) groups excluding carboxylic acids is 2. The number of nitrogens with zero attached hydrogens (tertiary/aromatic N) is 1. The Balaban J connectivity index is 1.67. The summed E-state index contributed by atoms with van der Waals surface area (Å²) >= 11 is 6.05. The number of carbonyl (C=O) groups is 2. The fourth-order valence-electron chi connectivity index (χ4n) is 3.20. The summed E-state index contributed by atoms with van der Waals surface area (Å²) in [6.07, 6.45) is 1.46. The van der Waals surface area contributed by atoms with Crippen molar-refractivity contribution in [3.05, 3.63) is 94.5 Å². The van der Waals surface area contributed by atoms with Gasteiger partial charge in [-0.3, -0.25) is 9.59 Å². The number of nitriles is 1. The van der Waals surface area contributed by atoms with Crippen molar-refractivity contribution in [3.63, 3.8) is 0 Å².